The first-order chi connectivity index (χ1) is 6.22. The van der Waals surface area contributed by atoms with Crippen molar-refractivity contribution in [2.24, 2.45) is 0 Å². The van der Waals surface area contributed by atoms with Crippen LogP contribution < -0.4 is 10.6 Å². The van der Waals surface area contributed by atoms with Crippen LogP contribution in [0.3, 0.4) is 0 Å². The molecule has 0 aliphatic rings. The van der Waals surface area contributed by atoms with Crippen molar-refractivity contribution in [3.63, 3.8) is 0 Å². The quantitative estimate of drug-likeness (QED) is 0.686. The van der Waals surface area contributed by atoms with Gasteiger partial charge in [-0.15, -0.1) is 11.3 Å². The molecule has 2 amide bonds. The third-order valence-corrected chi connectivity index (χ3v) is 2.29. The summed E-state index contributed by atoms with van der Waals surface area (Å²) in [6.07, 6.45) is 0. The highest BCUT2D eigenvalue weighted by Gasteiger charge is 2.01. The van der Waals surface area contributed by atoms with Gasteiger partial charge < -0.3 is 10.4 Å². The predicted octanol–water partition coefficient (Wildman–Crippen LogP) is 1.17. The van der Waals surface area contributed by atoms with Crippen LogP contribution in [-0.2, 0) is 0 Å². The summed E-state index contributed by atoms with van der Waals surface area (Å²) < 4.78 is 0. The molecule has 1 heterocycles. The molecule has 0 fully saturated rings. The highest BCUT2D eigenvalue weighted by atomic mass is 32.1. The fourth-order valence-corrected chi connectivity index (χ4v) is 1.59. The molecule has 0 aromatic carbocycles. The number of carbonyl (C=O) groups excluding carboxylic acids is 1. The summed E-state index contributed by atoms with van der Waals surface area (Å²) in [6, 6.07) is 3.50. The number of aliphatic hydroxyl groups is 1. The van der Waals surface area contributed by atoms with Gasteiger partial charge in [0.05, 0.1) is 11.6 Å². The fourth-order valence-electron chi connectivity index (χ4n) is 0.827. The second kappa shape index (κ2) is 4.84. The summed E-state index contributed by atoms with van der Waals surface area (Å²) in [5, 5.41) is 14.4. The van der Waals surface area contributed by atoms with E-state index in [2.05, 4.69) is 10.6 Å². The molecule has 0 aliphatic heterocycles. The topological polar surface area (TPSA) is 61.4 Å². The maximum atomic E-state index is 11.1. The van der Waals surface area contributed by atoms with Crippen LogP contribution in [0, 0.1) is 6.92 Å². The Morgan fingerprint density at radius 3 is 2.92 bits per heavy atom. The van der Waals surface area contributed by atoms with E-state index in [1.165, 1.54) is 11.3 Å². The van der Waals surface area contributed by atoms with E-state index in [9.17, 15) is 4.79 Å². The summed E-state index contributed by atoms with van der Waals surface area (Å²) >= 11 is 1.52. The summed E-state index contributed by atoms with van der Waals surface area (Å²) in [5.74, 6) is 0. The predicted molar refractivity (Wildman–Crippen MR) is 53.2 cm³/mol. The normalized spacial score (nSPS) is 9.69. The van der Waals surface area contributed by atoms with E-state index in [0.29, 0.717) is 0 Å². The van der Waals surface area contributed by atoms with Crippen molar-refractivity contribution < 1.29 is 9.90 Å². The highest BCUT2D eigenvalue weighted by Crippen LogP contribution is 2.20. The first kappa shape index (κ1) is 10.0. The van der Waals surface area contributed by atoms with Crippen molar-refractivity contribution in [1.29, 1.82) is 0 Å². The molecule has 1 aromatic rings. The second-order valence-electron chi connectivity index (χ2n) is 2.51. The first-order valence-corrected chi connectivity index (χ1v) is 4.76. The molecule has 1 aromatic heterocycles. The summed E-state index contributed by atoms with van der Waals surface area (Å²) in [7, 11) is 0. The van der Waals surface area contributed by atoms with Crippen LogP contribution in [-0.4, -0.2) is 24.3 Å². The maximum Gasteiger partial charge on any atom is 0.319 e. The zero-order chi connectivity index (χ0) is 9.68. The lowest BCUT2D eigenvalue weighted by Crippen LogP contribution is -2.30. The number of rotatable bonds is 3. The van der Waals surface area contributed by atoms with E-state index < -0.39 is 0 Å². The lowest BCUT2D eigenvalue weighted by molar-refractivity contribution is 0.245. The van der Waals surface area contributed by atoms with Gasteiger partial charge in [-0.1, -0.05) is 0 Å². The first-order valence-electron chi connectivity index (χ1n) is 3.94. The molecule has 0 bridgehead atoms. The Kier molecular flexibility index (Phi) is 3.72. The number of urea groups is 1. The lowest BCUT2D eigenvalue weighted by atomic mass is 10.5. The van der Waals surface area contributed by atoms with Crippen LogP contribution in [0.1, 0.15) is 4.88 Å². The van der Waals surface area contributed by atoms with E-state index in [1.807, 2.05) is 19.1 Å². The third-order valence-electron chi connectivity index (χ3n) is 1.37. The van der Waals surface area contributed by atoms with Crippen molar-refractivity contribution in [2.75, 3.05) is 18.5 Å². The van der Waals surface area contributed by atoms with Crippen molar-refractivity contribution >= 4 is 22.4 Å². The molecule has 72 valence electrons. The fraction of sp³-hybridized carbons (Fsp3) is 0.375. The smallest absolute Gasteiger partial charge is 0.319 e. The van der Waals surface area contributed by atoms with Gasteiger partial charge in [0.1, 0.15) is 0 Å². The minimum absolute atomic E-state index is 0.0448. The minimum Gasteiger partial charge on any atom is -0.395 e. The Labute approximate surface area is 80.6 Å². The monoisotopic (exact) mass is 200 g/mol. The Bertz CT molecular complexity index is 285. The molecule has 0 atom stereocenters. The second-order valence-corrected chi connectivity index (χ2v) is 3.80. The largest absolute Gasteiger partial charge is 0.395 e. The Hall–Kier alpha value is -1.07. The average Bonchev–Trinajstić information content (AvgIpc) is 2.48. The van der Waals surface area contributed by atoms with Gasteiger partial charge in [-0.25, -0.2) is 4.79 Å². The van der Waals surface area contributed by atoms with Gasteiger partial charge in [-0.3, -0.25) is 5.32 Å². The Balaban J connectivity index is 2.36. The number of hydrogen-bond donors (Lipinski definition) is 3. The molecule has 3 N–H and O–H groups in total. The molecule has 0 spiro atoms. The van der Waals surface area contributed by atoms with Crippen LogP contribution in [0.2, 0.25) is 0 Å². The summed E-state index contributed by atoms with van der Waals surface area (Å²) in [5.41, 5.74) is 0. The zero-order valence-corrected chi connectivity index (χ0v) is 8.15. The summed E-state index contributed by atoms with van der Waals surface area (Å²) in [6.45, 7) is 2.20. The molecule has 0 unspecified atom stereocenters. The van der Waals surface area contributed by atoms with Gasteiger partial charge in [0, 0.05) is 11.4 Å². The average molecular weight is 200 g/mol. The molecule has 0 saturated heterocycles. The molecule has 0 saturated carbocycles. The summed E-state index contributed by atoms with van der Waals surface area (Å²) in [4.78, 5) is 12.2. The van der Waals surface area contributed by atoms with Gasteiger partial charge in [-0.2, -0.15) is 0 Å². The molecular formula is C8H12N2O2S. The van der Waals surface area contributed by atoms with Crippen LogP contribution in [0.25, 0.3) is 0 Å². The Morgan fingerprint density at radius 1 is 1.62 bits per heavy atom. The molecule has 0 aliphatic carbocycles. The maximum absolute atomic E-state index is 11.1. The third kappa shape index (κ3) is 3.43. The SMILES string of the molecule is Cc1ccc(NC(=O)NCCO)s1. The molecule has 0 radical (unpaired) electrons. The van der Waals surface area contributed by atoms with Crippen LogP contribution in [0.5, 0.6) is 0 Å². The van der Waals surface area contributed by atoms with E-state index in [0.717, 1.165) is 9.88 Å². The van der Waals surface area contributed by atoms with Gasteiger partial charge >= 0.3 is 6.03 Å². The van der Waals surface area contributed by atoms with Crippen LogP contribution in [0.15, 0.2) is 12.1 Å². The highest BCUT2D eigenvalue weighted by molar-refractivity contribution is 7.16. The molecule has 4 nitrogen and oxygen atoms in total. The number of anilines is 1. The van der Waals surface area contributed by atoms with Crippen LogP contribution >= 0.6 is 11.3 Å². The van der Waals surface area contributed by atoms with Gasteiger partial charge in [0.15, 0.2) is 0 Å². The van der Waals surface area contributed by atoms with Gasteiger partial charge in [0.25, 0.3) is 0 Å². The Morgan fingerprint density at radius 2 is 2.38 bits per heavy atom. The van der Waals surface area contributed by atoms with E-state index in [4.69, 9.17) is 5.11 Å². The number of amides is 2. The van der Waals surface area contributed by atoms with Crippen molar-refractivity contribution in [3.8, 4) is 0 Å². The van der Waals surface area contributed by atoms with E-state index in [1.54, 1.807) is 0 Å². The molecular weight excluding hydrogens is 188 g/mol. The number of thiophene rings is 1. The van der Waals surface area contributed by atoms with Crippen molar-refractivity contribution in [2.45, 2.75) is 6.92 Å². The van der Waals surface area contributed by atoms with Crippen molar-refractivity contribution in [1.82, 2.24) is 5.32 Å². The van der Waals surface area contributed by atoms with Crippen LogP contribution in [0.4, 0.5) is 9.80 Å². The number of carbonyl (C=O) groups is 1. The van der Waals surface area contributed by atoms with E-state index >= 15 is 0 Å². The number of aryl methyl sites for hydroxylation is 1. The van der Waals surface area contributed by atoms with Gasteiger partial charge in [-0.05, 0) is 19.1 Å². The molecule has 13 heavy (non-hydrogen) atoms. The minimum atomic E-state index is -0.282. The molecule has 1 rings (SSSR count). The number of aliphatic hydroxyl groups excluding tert-OH is 1. The van der Waals surface area contributed by atoms with Crippen molar-refractivity contribution in [3.05, 3.63) is 17.0 Å². The zero-order valence-electron chi connectivity index (χ0n) is 7.33. The number of nitrogens with one attached hydrogen (secondary N) is 2. The standard InChI is InChI=1S/C8H12N2O2S/c1-6-2-3-7(13-6)10-8(12)9-4-5-11/h2-3,11H,4-5H2,1H3,(H2,9,10,12). The van der Waals surface area contributed by atoms with E-state index in [-0.39, 0.29) is 19.2 Å². The molecule has 5 heteroatoms. The van der Waals surface area contributed by atoms with Gasteiger partial charge in [0.2, 0.25) is 0 Å². The lowest BCUT2D eigenvalue weighted by Gasteiger charge is -2.02. The number of hydrogen-bond acceptors (Lipinski definition) is 3.